The van der Waals surface area contributed by atoms with E-state index in [9.17, 15) is 9.59 Å². The zero-order valence-electron chi connectivity index (χ0n) is 10.1. The lowest BCUT2D eigenvalue weighted by atomic mass is 9.76. The third-order valence-corrected chi connectivity index (χ3v) is 3.25. The zero-order valence-corrected chi connectivity index (χ0v) is 10.1. The minimum absolute atomic E-state index is 0.0462. The Bertz CT molecular complexity index is 471. The van der Waals surface area contributed by atoms with Gasteiger partial charge in [0.1, 0.15) is 0 Å². The molecule has 0 aliphatic heterocycles. The summed E-state index contributed by atoms with van der Waals surface area (Å²) in [6.45, 7) is 3.91. The van der Waals surface area contributed by atoms with Gasteiger partial charge in [-0.3, -0.25) is 9.59 Å². The lowest BCUT2D eigenvalue weighted by Crippen LogP contribution is -2.32. The lowest BCUT2D eigenvalue weighted by molar-refractivity contribution is -0.118. The van der Waals surface area contributed by atoms with Gasteiger partial charge in [-0.1, -0.05) is 42.8 Å². The summed E-state index contributed by atoms with van der Waals surface area (Å²) in [5.41, 5.74) is 1.70. The molecule has 17 heavy (non-hydrogen) atoms. The number of ketones is 2. The number of carbonyl (C=O) groups is 2. The Balaban J connectivity index is 2.29. The van der Waals surface area contributed by atoms with E-state index in [2.05, 4.69) is 0 Å². The number of allylic oxidation sites excluding steroid dienone is 2. The van der Waals surface area contributed by atoms with Gasteiger partial charge in [-0.2, -0.15) is 0 Å². The minimum atomic E-state index is -0.499. The van der Waals surface area contributed by atoms with E-state index in [-0.39, 0.29) is 17.5 Å². The Kier molecular flexibility index (Phi) is 3.23. The van der Waals surface area contributed by atoms with Gasteiger partial charge < -0.3 is 0 Å². The van der Waals surface area contributed by atoms with Gasteiger partial charge in [-0.25, -0.2) is 0 Å². The van der Waals surface area contributed by atoms with E-state index in [1.807, 2.05) is 32.0 Å². The highest BCUT2D eigenvalue weighted by atomic mass is 16.1. The van der Waals surface area contributed by atoms with Crippen LogP contribution in [0, 0.1) is 11.8 Å². The summed E-state index contributed by atoms with van der Waals surface area (Å²) in [5.74, 6) is -0.497. The van der Waals surface area contributed by atoms with E-state index >= 15 is 0 Å². The molecule has 0 bridgehead atoms. The van der Waals surface area contributed by atoms with Crippen molar-refractivity contribution in [3.63, 3.8) is 0 Å². The fraction of sp³-hybridized carbons (Fsp3) is 0.333. The van der Waals surface area contributed by atoms with Crippen molar-refractivity contribution in [1.29, 1.82) is 0 Å². The Morgan fingerprint density at radius 2 is 1.88 bits per heavy atom. The van der Waals surface area contributed by atoms with Crippen LogP contribution in [0.15, 0.2) is 42.0 Å². The maximum Gasteiger partial charge on any atom is 0.173 e. The molecule has 1 aliphatic carbocycles. The number of benzene rings is 1. The van der Waals surface area contributed by atoms with Gasteiger partial charge >= 0.3 is 0 Å². The molecule has 0 radical (unpaired) electrons. The van der Waals surface area contributed by atoms with Crippen molar-refractivity contribution in [2.75, 3.05) is 0 Å². The van der Waals surface area contributed by atoms with Crippen molar-refractivity contribution in [3.8, 4) is 0 Å². The van der Waals surface area contributed by atoms with E-state index in [1.165, 1.54) is 0 Å². The Hall–Kier alpha value is -1.70. The van der Waals surface area contributed by atoms with Crippen LogP contribution in [0.4, 0.5) is 0 Å². The highest BCUT2D eigenvalue weighted by Crippen LogP contribution is 2.29. The largest absolute Gasteiger partial charge is 0.294 e. The average molecular weight is 228 g/mol. The van der Waals surface area contributed by atoms with Crippen LogP contribution in [0.5, 0.6) is 0 Å². The standard InChI is InChI=1S/C15H16O2/c1-10-8-11(2)14(13(16)9-10)15(17)12-6-4-3-5-7-12/h3-7,9,11,14H,8H2,1-2H3. The second-order valence-electron chi connectivity index (χ2n) is 4.78. The molecule has 2 atom stereocenters. The van der Waals surface area contributed by atoms with Gasteiger partial charge in [-0.05, 0) is 25.3 Å². The average Bonchev–Trinajstić information content (AvgIpc) is 2.28. The smallest absolute Gasteiger partial charge is 0.173 e. The first kappa shape index (κ1) is 11.8. The van der Waals surface area contributed by atoms with Crippen molar-refractivity contribution in [1.82, 2.24) is 0 Å². The quantitative estimate of drug-likeness (QED) is 0.576. The predicted octanol–water partition coefficient (Wildman–Crippen LogP) is 3.04. The van der Waals surface area contributed by atoms with Gasteiger partial charge in [0.05, 0.1) is 5.92 Å². The topological polar surface area (TPSA) is 34.1 Å². The van der Waals surface area contributed by atoms with Crippen molar-refractivity contribution in [2.24, 2.45) is 11.8 Å². The number of Topliss-reactive ketones (excluding diaryl/α,β-unsaturated/α-hetero) is 1. The van der Waals surface area contributed by atoms with E-state index in [4.69, 9.17) is 0 Å². The summed E-state index contributed by atoms with van der Waals surface area (Å²) in [7, 11) is 0. The molecule has 2 heteroatoms. The molecule has 1 aromatic rings. The molecule has 0 N–H and O–H groups in total. The minimum Gasteiger partial charge on any atom is -0.294 e. The van der Waals surface area contributed by atoms with Gasteiger partial charge in [0, 0.05) is 5.56 Å². The van der Waals surface area contributed by atoms with Gasteiger partial charge in [0.25, 0.3) is 0 Å². The summed E-state index contributed by atoms with van der Waals surface area (Å²) in [5, 5.41) is 0. The van der Waals surface area contributed by atoms with E-state index in [0.717, 1.165) is 12.0 Å². The van der Waals surface area contributed by atoms with Crippen LogP contribution in [0.1, 0.15) is 30.6 Å². The normalized spacial score (nSPS) is 24.4. The number of carbonyl (C=O) groups excluding carboxylic acids is 2. The molecule has 88 valence electrons. The summed E-state index contributed by atoms with van der Waals surface area (Å²) in [4.78, 5) is 24.2. The molecule has 0 spiro atoms. The lowest BCUT2D eigenvalue weighted by Gasteiger charge is -2.25. The monoisotopic (exact) mass is 228 g/mol. The number of hydrogen-bond acceptors (Lipinski definition) is 2. The van der Waals surface area contributed by atoms with Crippen LogP contribution in [-0.2, 0) is 4.79 Å². The van der Waals surface area contributed by atoms with Crippen LogP contribution in [0.25, 0.3) is 0 Å². The SMILES string of the molecule is CC1=CC(=O)C(C(=O)c2ccccc2)C(C)C1. The highest BCUT2D eigenvalue weighted by molar-refractivity contribution is 6.14. The van der Waals surface area contributed by atoms with Gasteiger partial charge in [0.15, 0.2) is 11.6 Å². The molecule has 0 saturated carbocycles. The van der Waals surface area contributed by atoms with Crippen molar-refractivity contribution in [3.05, 3.63) is 47.5 Å². The van der Waals surface area contributed by atoms with E-state index < -0.39 is 5.92 Å². The van der Waals surface area contributed by atoms with Crippen molar-refractivity contribution >= 4 is 11.6 Å². The predicted molar refractivity (Wildman–Crippen MR) is 66.8 cm³/mol. The van der Waals surface area contributed by atoms with Gasteiger partial charge in [0.2, 0.25) is 0 Å². The van der Waals surface area contributed by atoms with E-state index in [1.54, 1.807) is 18.2 Å². The van der Waals surface area contributed by atoms with Crippen molar-refractivity contribution in [2.45, 2.75) is 20.3 Å². The van der Waals surface area contributed by atoms with Crippen LogP contribution in [0.2, 0.25) is 0 Å². The number of rotatable bonds is 2. The molecule has 2 unspecified atom stereocenters. The van der Waals surface area contributed by atoms with E-state index in [0.29, 0.717) is 5.56 Å². The summed E-state index contributed by atoms with van der Waals surface area (Å²) in [6.07, 6.45) is 2.44. The molecule has 1 aromatic carbocycles. The van der Waals surface area contributed by atoms with Crippen molar-refractivity contribution < 1.29 is 9.59 Å². The van der Waals surface area contributed by atoms with Crippen LogP contribution in [-0.4, -0.2) is 11.6 Å². The second-order valence-corrected chi connectivity index (χ2v) is 4.78. The summed E-state index contributed by atoms with van der Waals surface area (Å²) >= 11 is 0. The molecule has 2 nitrogen and oxygen atoms in total. The maximum absolute atomic E-state index is 12.3. The molecular weight excluding hydrogens is 212 g/mol. The zero-order chi connectivity index (χ0) is 12.4. The molecule has 2 rings (SSSR count). The first-order valence-corrected chi connectivity index (χ1v) is 5.90. The Morgan fingerprint density at radius 1 is 1.24 bits per heavy atom. The summed E-state index contributed by atoms with van der Waals surface area (Å²) < 4.78 is 0. The highest BCUT2D eigenvalue weighted by Gasteiger charge is 2.34. The van der Waals surface area contributed by atoms with Crippen LogP contribution >= 0.6 is 0 Å². The molecular formula is C15H16O2. The van der Waals surface area contributed by atoms with Crippen LogP contribution < -0.4 is 0 Å². The second kappa shape index (κ2) is 4.66. The Morgan fingerprint density at radius 3 is 2.47 bits per heavy atom. The van der Waals surface area contributed by atoms with Crippen LogP contribution in [0.3, 0.4) is 0 Å². The van der Waals surface area contributed by atoms with Gasteiger partial charge in [-0.15, -0.1) is 0 Å². The first-order chi connectivity index (χ1) is 8.09. The first-order valence-electron chi connectivity index (χ1n) is 5.90. The maximum atomic E-state index is 12.3. The summed E-state index contributed by atoms with van der Waals surface area (Å²) in [6, 6.07) is 9.06. The fourth-order valence-electron chi connectivity index (χ4n) is 2.47. The fourth-order valence-corrected chi connectivity index (χ4v) is 2.47. The molecule has 0 aromatic heterocycles. The number of hydrogen-bond donors (Lipinski definition) is 0. The molecule has 1 aliphatic rings. The molecule has 0 fully saturated rings. The molecule has 0 amide bonds. The molecule has 0 saturated heterocycles. The molecule has 0 heterocycles. The Labute approximate surface area is 101 Å². The third kappa shape index (κ3) is 2.36. The third-order valence-electron chi connectivity index (χ3n) is 3.25.